The van der Waals surface area contributed by atoms with E-state index < -0.39 is 10.8 Å². The van der Waals surface area contributed by atoms with Gasteiger partial charge in [0.05, 0.1) is 18.4 Å². The third kappa shape index (κ3) is 2.26. The van der Waals surface area contributed by atoms with Gasteiger partial charge in [0.2, 0.25) is 0 Å². The number of ketones is 2. The molecule has 4 heteroatoms. The Balaban J connectivity index is 1.56. The van der Waals surface area contributed by atoms with Crippen molar-refractivity contribution in [1.29, 1.82) is 0 Å². The molecular weight excluding hydrogens is 376 g/mol. The van der Waals surface area contributed by atoms with Gasteiger partial charge in [-0.3, -0.25) is 14.4 Å². The predicted molar refractivity (Wildman–Crippen MR) is 113 cm³/mol. The minimum Gasteiger partial charge on any atom is -0.465 e. The number of cyclic esters (lactones) is 1. The van der Waals surface area contributed by atoms with E-state index in [1.54, 1.807) is 6.08 Å². The Kier molecular flexibility index (Phi) is 4.01. The van der Waals surface area contributed by atoms with E-state index in [1.165, 1.54) is 5.57 Å². The van der Waals surface area contributed by atoms with Crippen molar-refractivity contribution < 1.29 is 19.1 Å². The molecule has 1 heterocycles. The Hall–Kier alpha value is -1.71. The zero-order valence-electron chi connectivity index (χ0n) is 18.9. The fourth-order valence-corrected chi connectivity index (χ4v) is 8.53. The summed E-state index contributed by atoms with van der Waals surface area (Å²) in [7, 11) is 0. The van der Waals surface area contributed by atoms with Crippen LogP contribution in [0.2, 0.25) is 0 Å². The molecule has 0 aromatic heterocycles. The molecule has 0 N–H and O–H groups in total. The highest BCUT2D eigenvalue weighted by Gasteiger charge is 2.68. The maximum atomic E-state index is 13.9. The van der Waals surface area contributed by atoms with E-state index in [-0.39, 0.29) is 40.3 Å². The van der Waals surface area contributed by atoms with Gasteiger partial charge in [-0.15, -0.1) is 0 Å². The first-order valence-electron chi connectivity index (χ1n) is 11.6. The number of hydrogen-bond acceptors (Lipinski definition) is 4. The molecule has 4 nitrogen and oxygen atoms in total. The second-order valence-electron chi connectivity index (χ2n) is 11.8. The highest BCUT2D eigenvalue weighted by atomic mass is 16.5. The van der Waals surface area contributed by atoms with Crippen LogP contribution in [0.1, 0.15) is 66.7 Å². The Bertz CT molecular complexity index is 910. The van der Waals surface area contributed by atoms with E-state index in [9.17, 15) is 14.4 Å². The van der Waals surface area contributed by atoms with Crippen molar-refractivity contribution in [2.75, 3.05) is 6.61 Å². The van der Waals surface area contributed by atoms with Gasteiger partial charge in [0, 0.05) is 17.8 Å². The van der Waals surface area contributed by atoms with Crippen LogP contribution in [0.5, 0.6) is 0 Å². The van der Waals surface area contributed by atoms with E-state index in [0.29, 0.717) is 31.1 Å². The Morgan fingerprint density at radius 2 is 1.73 bits per heavy atom. The molecule has 0 aromatic rings. The van der Waals surface area contributed by atoms with Crippen LogP contribution in [0.25, 0.3) is 0 Å². The maximum absolute atomic E-state index is 13.9. The van der Waals surface area contributed by atoms with Gasteiger partial charge >= 0.3 is 5.97 Å². The lowest BCUT2D eigenvalue weighted by molar-refractivity contribution is -0.157. The molecule has 162 valence electrons. The number of fused-ring (bicyclic) bond motifs is 5. The van der Waals surface area contributed by atoms with Crippen LogP contribution in [0.4, 0.5) is 0 Å². The summed E-state index contributed by atoms with van der Waals surface area (Å²) in [6, 6.07) is 0. The second kappa shape index (κ2) is 5.95. The van der Waals surface area contributed by atoms with Crippen molar-refractivity contribution >= 4 is 17.5 Å². The van der Waals surface area contributed by atoms with Crippen molar-refractivity contribution in [2.24, 2.45) is 45.3 Å². The number of carbonyl (C=O) groups excluding carboxylic acids is 3. The molecule has 0 radical (unpaired) electrons. The van der Waals surface area contributed by atoms with Crippen molar-refractivity contribution in [3.63, 3.8) is 0 Å². The first kappa shape index (κ1) is 20.2. The molecule has 3 fully saturated rings. The molecule has 2 saturated carbocycles. The van der Waals surface area contributed by atoms with Gasteiger partial charge in [-0.25, -0.2) is 0 Å². The van der Waals surface area contributed by atoms with Crippen LogP contribution in [0.15, 0.2) is 23.8 Å². The average Bonchev–Trinajstić information content (AvgIpc) is 3.25. The molecule has 5 aliphatic rings. The first-order valence-corrected chi connectivity index (χ1v) is 11.6. The third-order valence-corrected chi connectivity index (χ3v) is 10.2. The van der Waals surface area contributed by atoms with E-state index in [4.69, 9.17) is 4.74 Å². The molecule has 5 rings (SSSR count). The summed E-state index contributed by atoms with van der Waals surface area (Å²) in [5.41, 5.74) is 0.106. The van der Waals surface area contributed by atoms with Gasteiger partial charge in [0.15, 0.2) is 5.78 Å². The Morgan fingerprint density at radius 3 is 2.40 bits per heavy atom. The maximum Gasteiger partial charge on any atom is 0.306 e. The lowest BCUT2D eigenvalue weighted by Crippen LogP contribution is -2.62. The van der Waals surface area contributed by atoms with E-state index in [1.807, 2.05) is 13.8 Å². The summed E-state index contributed by atoms with van der Waals surface area (Å²) < 4.78 is 5.31. The van der Waals surface area contributed by atoms with Crippen molar-refractivity contribution in [3.8, 4) is 0 Å². The molecule has 7 atom stereocenters. The van der Waals surface area contributed by atoms with Gasteiger partial charge in [-0.2, -0.15) is 0 Å². The summed E-state index contributed by atoms with van der Waals surface area (Å²) in [6.45, 7) is 11.4. The molecule has 30 heavy (non-hydrogen) atoms. The van der Waals surface area contributed by atoms with Gasteiger partial charge in [-0.1, -0.05) is 45.4 Å². The van der Waals surface area contributed by atoms with Crippen molar-refractivity contribution in [2.45, 2.75) is 66.7 Å². The molecule has 0 spiro atoms. The largest absolute Gasteiger partial charge is 0.465 e. The molecule has 0 bridgehead atoms. The van der Waals surface area contributed by atoms with Crippen LogP contribution in [0.3, 0.4) is 0 Å². The van der Waals surface area contributed by atoms with Gasteiger partial charge < -0.3 is 4.74 Å². The topological polar surface area (TPSA) is 60.4 Å². The summed E-state index contributed by atoms with van der Waals surface area (Å²) in [5.74, 6) is 1.26. The third-order valence-electron chi connectivity index (χ3n) is 10.2. The minimum absolute atomic E-state index is 0.0491. The number of carbonyl (C=O) groups is 3. The van der Waals surface area contributed by atoms with Gasteiger partial charge in [-0.05, 0) is 60.8 Å². The monoisotopic (exact) mass is 410 g/mol. The fourth-order valence-electron chi connectivity index (χ4n) is 8.53. The summed E-state index contributed by atoms with van der Waals surface area (Å²) in [4.78, 5) is 38.3. The van der Waals surface area contributed by atoms with Crippen LogP contribution in [-0.4, -0.2) is 24.1 Å². The van der Waals surface area contributed by atoms with Gasteiger partial charge in [0.1, 0.15) is 5.78 Å². The standard InChI is InChI=1S/C26H34O4/c1-23(2)19-13-21(28)26(5)17-7-6-16(15-12-22(29)30-14-15)24(17,3)10-8-18(26)25(19,4)11-9-20(23)27/h7,9,11,15-16,18-19H,6,8,10,12-14H2,1-5H3/t15?,16-,18+,19-,24-,25+,26-/m0/s1. The number of esters is 1. The van der Waals surface area contributed by atoms with Crippen LogP contribution < -0.4 is 0 Å². The molecule has 1 aliphatic heterocycles. The molecule has 1 unspecified atom stereocenters. The average molecular weight is 411 g/mol. The van der Waals surface area contributed by atoms with E-state index >= 15 is 0 Å². The van der Waals surface area contributed by atoms with Crippen LogP contribution in [0, 0.1) is 45.3 Å². The number of ether oxygens (including phenoxy) is 1. The SMILES string of the molecule is CC1(C)C(=O)C=C[C@@]2(C)[C@H]1CC(=O)[C@@]1(C)C3=CC[C@@H](C4COC(=O)C4)[C@]3(C)CC[C@@H]12. The molecular formula is C26H34O4. The van der Waals surface area contributed by atoms with Crippen LogP contribution in [-0.2, 0) is 19.1 Å². The quantitative estimate of drug-likeness (QED) is 0.465. The zero-order valence-corrected chi connectivity index (χ0v) is 18.9. The second-order valence-corrected chi connectivity index (χ2v) is 11.8. The predicted octanol–water partition coefficient (Wildman–Crippen LogP) is 4.68. The summed E-state index contributed by atoms with van der Waals surface area (Å²) in [6.07, 6.45) is 10.2. The Labute approximate surface area is 179 Å². The molecule has 0 aromatic carbocycles. The summed E-state index contributed by atoms with van der Waals surface area (Å²) in [5, 5.41) is 0. The summed E-state index contributed by atoms with van der Waals surface area (Å²) >= 11 is 0. The normalized spacial score (nSPS) is 49.2. The lowest BCUT2D eigenvalue weighted by atomic mass is 9.39. The van der Waals surface area contributed by atoms with Crippen molar-refractivity contribution in [1.82, 2.24) is 0 Å². The van der Waals surface area contributed by atoms with Crippen molar-refractivity contribution in [3.05, 3.63) is 23.8 Å². The zero-order chi connectivity index (χ0) is 21.7. The van der Waals surface area contributed by atoms with E-state index in [2.05, 4.69) is 32.9 Å². The fraction of sp³-hybridized carbons (Fsp3) is 0.731. The number of rotatable bonds is 1. The van der Waals surface area contributed by atoms with Gasteiger partial charge in [0.25, 0.3) is 0 Å². The number of allylic oxidation sites excluding steroid dienone is 4. The smallest absolute Gasteiger partial charge is 0.306 e. The number of hydrogen-bond donors (Lipinski definition) is 0. The molecule has 0 amide bonds. The highest BCUT2D eigenvalue weighted by Crippen LogP contribution is 2.71. The molecule has 4 aliphatic carbocycles. The molecule has 1 saturated heterocycles. The first-order chi connectivity index (χ1) is 14.0. The highest BCUT2D eigenvalue weighted by molar-refractivity contribution is 5.98. The number of Topliss-reactive ketones (excluding diaryl/α,β-unsaturated/α-hetero) is 1. The minimum atomic E-state index is -0.505. The lowest BCUT2D eigenvalue weighted by Gasteiger charge is -2.63. The Morgan fingerprint density at radius 1 is 1.00 bits per heavy atom. The van der Waals surface area contributed by atoms with Crippen LogP contribution >= 0.6 is 0 Å². The van der Waals surface area contributed by atoms with E-state index in [0.717, 1.165) is 19.3 Å².